The summed E-state index contributed by atoms with van der Waals surface area (Å²) >= 11 is 0. The number of rotatable bonds is 3. The van der Waals surface area contributed by atoms with Crippen LogP contribution in [0.25, 0.3) is 5.82 Å². The number of nitrogens with zero attached hydrogens (tertiary/aromatic N) is 6. The molecule has 0 aliphatic carbocycles. The summed E-state index contributed by atoms with van der Waals surface area (Å²) in [6.07, 6.45) is 11.3. The van der Waals surface area contributed by atoms with Gasteiger partial charge < -0.3 is 9.47 Å². The van der Waals surface area contributed by atoms with E-state index in [-0.39, 0.29) is 11.9 Å². The lowest BCUT2D eigenvalue weighted by Gasteiger charge is -2.32. The SMILES string of the molecule is Cn1ncc(C(=O)N2CCCC(n3cccn3)C2)c1-n1cccc1. The number of hydrogen-bond acceptors (Lipinski definition) is 3. The molecule has 3 aromatic heterocycles. The molecule has 1 unspecified atom stereocenters. The molecule has 1 atom stereocenters. The zero-order chi connectivity index (χ0) is 16.5. The summed E-state index contributed by atoms with van der Waals surface area (Å²) in [5.41, 5.74) is 0.634. The molecule has 0 N–H and O–H groups in total. The summed E-state index contributed by atoms with van der Waals surface area (Å²) in [5, 5.41) is 8.62. The highest BCUT2D eigenvalue weighted by Crippen LogP contribution is 2.24. The highest BCUT2D eigenvalue weighted by molar-refractivity contribution is 5.97. The summed E-state index contributed by atoms with van der Waals surface area (Å²) in [6, 6.07) is 6.04. The molecule has 3 aromatic rings. The summed E-state index contributed by atoms with van der Waals surface area (Å²) in [7, 11) is 1.86. The predicted molar refractivity (Wildman–Crippen MR) is 88.9 cm³/mol. The number of aryl methyl sites for hydroxylation is 1. The van der Waals surface area contributed by atoms with Crippen LogP contribution in [0.1, 0.15) is 29.2 Å². The second-order valence-electron chi connectivity index (χ2n) is 6.13. The normalized spacial score (nSPS) is 18.0. The first-order valence-electron chi connectivity index (χ1n) is 8.18. The Morgan fingerprint density at radius 1 is 1.17 bits per heavy atom. The van der Waals surface area contributed by atoms with E-state index in [0.717, 1.165) is 25.2 Å². The first-order chi connectivity index (χ1) is 11.7. The number of piperidine rings is 1. The minimum absolute atomic E-state index is 0.0312. The fourth-order valence-corrected chi connectivity index (χ4v) is 3.39. The van der Waals surface area contributed by atoms with E-state index in [4.69, 9.17) is 0 Å². The van der Waals surface area contributed by atoms with E-state index in [1.807, 2.05) is 58.0 Å². The molecule has 0 saturated carbocycles. The van der Waals surface area contributed by atoms with E-state index in [9.17, 15) is 4.79 Å². The summed E-state index contributed by atoms with van der Waals surface area (Å²) < 4.78 is 5.62. The van der Waals surface area contributed by atoms with E-state index >= 15 is 0 Å². The van der Waals surface area contributed by atoms with Crippen molar-refractivity contribution >= 4 is 5.91 Å². The Kier molecular flexibility index (Phi) is 3.68. The third-order valence-corrected chi connectivity index (χ3v) is 4.57. The van der Waals surface area contributed by atoms with Gasteiger partial charge in [-0.2, -0.15) is 10.2 Å². The number of carbonyl (C=O) groups excluding carboxylic acids is 1. The summed E-state index contributed by atoms with van der Waals surface area (Å²) in [4.78, 5) is 15.0. The van der Waals surface area contributed by atoms with Crippen LogP contribution >= 0.6 is 0 Å². The van der Waals surface area contributed by atoms with Crippen LogP contribution in [0.15, 0.2) is 49.2 Å². The lowest BCUT2D eigenvalue weighted by atomic mass is 10.1. The standard InChI is InChI=1S/C17H20N6O/c1-20-16(21-8-2-3-9-21)15(12-19-20)17(24)22-10-4-6-14(13-22)23-11-5-7-18-23/h2-3,5,7-9,11-12,14H,4,6,10,13H2,1H3. The van der Waals surface area contributed by atoms with E-state index in [2.05, 4.69) is 10.2 Å². The third-order valence-electron chi connectivity index (χ3n) is 4.57. The van der Waals surface area contributed by atoms with Crippen LogP contribution < -0.4 is 0 Å². The van der Waals surface area contributed by atoms with Crippen LogP contribution in [-0.2, 0) is 7.05 Å². The van der Waals surface area contributed by atoms with Gasteiger partial charge in [0.1, 0.15) is 11.4 Å². The molecular formula is C17H20N6O. The number of aromatic nitrogens is 5. The van der Waals surface area contributed by atoms with Crippen molar-refractivity contribution < 1.29 is 4.79 Å². The first-order valence-corrected chi connectivity index (χ1v) is 8.18. The minimum atomic E-state index is 0.0312. The summed E-state index contributed by atoms with van der Waals surface area (Å²) in [5.74, 6) is 0.829. The smallest absolute Gasteiger partial charge is 0.259 e. The average molecular weight is 324 g/mol. The van der Waals surface area contributed by atoms with Gasteiger partial charge in [0.05, 0.1) is 12.2 Å². The fourth-order valence-electron chi connectivity index (χ4n) is 3.39. The quantitative estimate of drug-likeness (QED) is 0.739. The Morgan fingerprint density at radius 2 is 2.00 bits per heavy atom. The van der Waals surface area contributed by atoms with E-state index < -0.39 is 0 Å². The fraction of sp³-hybridized carbons (Fsp3) is 0.353. The van der Waals surface area contributed by atoms with Crippen molar-refractivity contribution in [2.24, 2.45) is 7.05 Å². The first kappa shape index (κ1) is 14.7. The number of amides is 1. The van der Waals surface area contributed by atoms with Gasteiger partial charge in [0, 0.05) is 44.9 Å². The van der Waals surface area contributed by atoms with Gasteiger partial charge in [0.2, 0.25) is 0 Å². The van der Waals surface area contributed by atoms with Crippen LogP contribution in [0.4, 0.5) is 0 Å². The van der Waals surface area contributed by atoms with Crippen molar-refractivity contribution in [2.45, 2.75) is 18.9 Å². The van der Waals surface area contributed by atoms with E-state index in [1.54, 1.807) is 17.1 Å². The zero-order valence-corrected chi connectivity index (χ0v) is 13.6. The molecule has 1 saturated heterocycles. The lowest BCUT2D eigenvalue weighted by Crippen LogP contribution is -2.41. The van der Waals surface area contributed by atoms with Gasteiger partial charge in [0.15, 0.2) is 0 Å². The van der Waals surface area contributed by atoms with Crippen LogP contribution in [0.5, 0.6) is 0 Å². The van der Waals surface area contributed by atoms with Crippen molar-refractivity contribution in [3.8, 4) is 5.82 Å². The third kappa shape index (κ3) is 2.51. The number of likely N-dealkylation sites (tertiary alicyclic amines) is 1. The molecule has 1 aliphatic heterocycles. The van der Waals surface area contributed by atoms with Crippen LogP contribution in [-0.4, -0.2) is 48.0 Å². The Labute approximate surface area is 140 Å². The highest BCUT2D eigenvalue weighted by Gasteiger charge is 2.28. The number of hydrogen-bond donors (Lipinski definition) is 0. The van der Waals surface area contributed by atoms with Crippen molar-refractivity contribution in [1.82, 2.24) is 29.0 Å². The monoisotopic (exact) mass is 324 g/mol. The number of carbonyl (C=O) groups is 1. The molecule has 1 fully saturated rings. The van der Waals surface area contributed by atoms with Crippen LogP contribution in [0.3, 0.4) is 0 Å². The maximum absolute atomic E-state index is 13.1. The van der Waals surface area contributed by atoms with Crippen LogP contribution in [0.2, 0.25) is 0 Å². The molecule has 4 heterocycles. The Bertz CT molecular complexity index is 818. The van der Waals surface area contributed by atoms with Crippen LogP contribution in [0, 0.1) is 0 Å². The predicted octanol–water partition coefficient (Wildman–Crippen LogP) is 1.88. The second-order valence-corrected chi connectivity index (χ2v) is 6.13. The van der Waals surface area contributed by atoms with Gasteiger partial charge in [-0.05, 0) is 31.0 Å². The maximum Gasteiger partial charge on any atom is 0.259 e. The molecule has 4 rings (SSSR count). The topological polar surface area (TPSA) is 60.9 Å². The van der Waals surface area contributed by atoms with Gasteiger partial charge >= 0.3 is 0 Å². The molecule has 0 aromatic carbocycles. The van der Waals surface area contributed by atoms with E-state index in [0.29, 0.717) is 12.1 Å². The van der Waals surface area contributed by atoms with Gasteiger partial charge in [-0.15, -0.1) is 0 Å². The Balaban J connectivity index is 1.60. The molecule has 7 nitrogen and oxygen atoms in total. The van der Waals surface area contributed by atoms with Gasteiger partial charge in [-0.3, -0.25) is 14.2 Å². The van der Waals surface area contributed by atoms with Gasteiger partial charge in [0.25, 0.3) is 5.91 Å². The minimum Gasteiger partial charge on any atom is -0.336 e. The van der Waals surface area contributed by atoms with Crippen molar-refractivity contribution in [3.63, 3.8) is 0 Å². The Morgan fingerprint density at radius 3 is 2.75 bits per heavy atom. The van der Waals surface area contributed by atoms with Crippen molar-refractivity contribution in [2.75, 3.05) is 13.1 Å². The molecule has 0 radical (unpaired) electrons. The zero-order valence-electron chi connectivity index (χ0n) is 13.6. The van der Waals surface area contributed by atoms with Gasteiger partial charge in [-0.1, -0.05) is 0 Å². The van der Waals surface area contributed by atoms with E-state index in [1.165, 1.54) is 0 Å². The largest absolute Gasteiger partial charge is 0.336 e. The molecule has 1 amide bonds. The molecule has 1 aliphatic rings. The Hall–Kier alpha value is -2.83. The molecule has 0 bridgehead atoms. The van der Waals surface area contributed by atoms with Crippen molar-refractivity contribution in [1.29, 1.82) is 0 Å². The molecule has 7 heteroatoms. The van der Waals surface area contributed by atoms with Crippen molar-refractivity contribution in [3.05, 3.63) is 54.7 Å². The molecule has 124 valence electrons. The summed E-state index contributed by atoms with van der Waals surface area (Å²) in [6.45, 7) is 1.46. The molecule has 0 spiro atoms. The highest BCUT2D eigenvalue weighted by atomic mass is 16.2. The second kappa shape index (κ2) is 5.99. The lowest BCUT2D eigenvalue weighted by molar-refractivity contribution is 0.0673. The molecule has 24 heavy (non-hydrogen) atoms. The maximum atomic E-state index is 13.1. The average Bonchev–Trinajstić information content (AvgIpc) is 3.35. The molecular weight excluding hydrogens is 304 g/mol. The van der Waals surface area contributed by atoms with Gasteiger partial charge in [-0.25, -0.2) is 0 Å².